The first kappa shape index (κ1) is 30.8. The molecule has 12 nitrogen and oxygen atoms in total. The summed E-state index contributed by atoms with van der Waals surface area (Å²) in [5.74, 6) is 2.92. The number of nitrogens with zero attached hydrogens (tertiary/aromatic N) is 3. The van der Waals surface area contributed by atoms with Crippen LogP contribution in [-0.2, 0) is 24.4 Å². The molecule has 2 aromatic carbocycles. The molecule has 1 heterocycles. The second-order valence-electron chi connectivity index (χ2n) is 9.94. The molecular weight excluding hydrogens is 536 g/mol. The highest BCUT2D eigenvalue weighted by Gasteiger charge is 2.32. The van der Waals surface area contributed by atoms with Crippen molar-refractivity contribution < 1.29 is 27.9 Å². The summed E-state index contributed by atoms with van der Waals surface area (Å²) in [5, 5.41) is 17.3. The van der Waals surface area contributed by atoms with E-state index in [2.05, 4.69) is 15.1 Å². The van der Waals surface area contributed by atoms with Crippen LogP contribution in [0.25, 0.3) is 10.8 Å². The van der Waals surface area contributed by atoms with Crippen molar-refractivity contribution in [1.29, 1.82) is 0 Å². The third-order valence-corrected chi connectivity index (χ3v) is 8.37. The van der Waals surface area contributed by atoms with Crippen LogP contribution >= 0.6 is 0 Å². The number of likely N-dealkylation sites (tertiary alicyclic amines) is 1. The van der Waals surface area contributed by atoms with Crippen LogP contribution in [0.3, 0.4) is 0 Å². The lowest BCUT2D eigenvalue weighted by atomic mass is 9.97. The lowest BCUT2D eigenvalue weighted by Crippen LogP contribution is -2.52. The molecule has 0 spiro atoms. The molecule has 40 heavy (non-hydrogen) atoms. The maximum atomic E-state index is 13.5. The van der Waals surface area contributed by atoms with E-state index in [1.807, 2.05) is 24.0 Å². The first-order chi connectivity index (χ1) is 19.1. The monoisotopic (exact) mass is 574 g/mol. The highest BCUT2D eigenvalue weighted by atomic mass is 32.2. The molecular formula is C27H38N6O6S. The third kappa shape index (κ3) is 8.91. The average Bonchev–Trinajstić information content (AvgIpc) is 2.93. The first-order valence-electron chi connectivity index (χ1n) is 13.4. The van der Waals surface area contributed by atoms with E-state index in [1.54, 1.807) is 24.5 Å². The minimum Gasteiger partial charge on any atom is -0.480 e. The number of carbonyl (C=O) groups excluding carboxylic acids is 2. The number of hydrogen-bond acceptors (Lipinski definition) is 7. The maximum absolute atomic E-state index is 13.5. The van der Waals surface area contributed by atoms with Crippen LogP contribution < -0.4 is 15.9 Å². The summed E-state index contributed by atoms with van der Waals surface area (Å²) in [4.78, 5) is 40.9. The van der Waals surface area contributed by atoms with Crippen LogP contribution in [0, 0.1) is 5.92 Å². The molecule has 1 atom stereocenters. The van der Waals surface area contributed by atoms with Crippen molar-refractivity contribution in [3.8, 4) is 0 Å². The maximum Gasteiger partial charge on any atom is 0.323 e. The largest absolute Gasteiger partial charge is 0.480 e. The summed E-state index contributed by atoms with van der Waals surface area (Å²) in [5.41, 5.74) is 0. The Morgan fingerprint density at radius 3 is 2.52 bits per heavy atom. The molecule has 0 radical (unpaired) electrons. The second kappa shape index (κ2) is 14.6. The van der Waals surface area contributed by atoms with Crippen molar-refractivity contribution in [3.05, 3.63) is 42.5 Å². The van der Waals surface area contributed by atoms with Gasteiger partial charge in [0.15, 0.2) is 0 Å². The van der Waals surface area contributed by atoms with Crippen LogP contribution in [0.1, 0.15) is 39.0 Å². The van der Waals surface area contributed by atoms with Crippen molar-refractivity contribution in [2.24, 2.45) is 16.9 Å². The highest BCUT2D eigenvalue weighted by Crippen LogP contribution is 2.20. The third-order valence-electron chi connectivity index (χ3n) is 6.90. The van der Waals surface area contributed by atoms with Gasteiger partial charge in [-0.15, -0.1) is 0 Å². The zero-order valence-corrected chi connectivity index (χ0v) is 23.5. The predicted molar refractivity (Wildman–Crippen MR) is 152 cm³/mol. The van der Waals surface area contributed by atoms with Crippen molar-refractivity contribution >= 4 is 44.9 Å². The minimum absolute atomic E-state index is 0.0597. The summed E-state index contributed by atoms with van der Waals surface area (Å²) >= 11 is 0. The van der Waals surface area contributed by atoms with E-state index in [9.17, 15) is 27.9 Å². The van der Waals surface area contributed by atoms with Crippen LogP contribution in [0.5, 0.6) is 0 Å². The van der Waals surface area contributed by atoms with Gasteiger partial charge in [0, 0.05) is 26.2 Å². The van der Waals surface area contributed by atoms with E-state index in [0.717, 1.165) is 36.2 Å². The highest BCUT2D eigenvalue weighted by molar-refractivity contribution is 7.89. The Balaban J connectivity index is 1.76. The van der Waals surface area contributed by atoms with Gasteiger partial charge in [-0.1, -0.05) is 43.7 Å². The summed E-state index contributed by atoms with van der Waals surface area (Å²) in [7, 11) is -4.22. The number of carboxylic acids is 1. The normalized spacial score (nSPS) is 15.3. The van der Waals surface area contributed by atoms with Crippen molar-refractivity contribution in [2.75, 3.05) is 32.7 Å². The fourth-order valence-electron chi connectivity index (χ4n) is 4.65. The van der Waals surface area contributed by atoms with Crippen molar-refractivity contribution in [1.82, 2.24) is 19.8 Å². The van der Waals surface area contributed by atoms with Gasteiger partial charge in [0.25, 0.3) is 0 Å². The number of nitrogens with one attached hydrogen (secondary N) is 2. The fourth-order valence-corrected chi connectivity index (χ4v) is 5.88. The van der Waals surface area contributed by atoms with Crippen LogP contribution in [0.2, 0.25) is 0 Å². The summed E-state index contributed by atoms with van der Waals surface area (Å²) in [6.07, 6.45) is 3.97. The molecule has 2 aromatic rings. The molecule has 5 N–H and O–H groups in total. The number of rotatable bonds is 14. The number of fused-ring (bicyclic) bond motifs is 1. The summed E-state index contributed by atoms with van der Waals surface area (Å²) < 4.78 is 29.1. The molecule has 0 aliphatic carbocycles. The Morgan fingerprint density at radius 2 is 1.88 bits per heavy atom. The Labute approximate surface area is 234 Å². The number of nitrogens with two attached hydrogens (primary N) is 1. The van der Waals surface area contributed by atoms with Gasteiger partial charge in [0.2, 0.25) is 21.8 Å². The van der Waals surface area contributed by atoms with Gasteiger partial charge in [0.1, 0.15) is 18.9 Å². The Hall–Kier alpha value is -3.71. The molecule has 2 amide bonds. The zero-order valence-electron chi connectivity index (χ0n) is 22.7. The number of hydrogen-bond donors (Lipinski definition) is 4. The molecule has 0 saturated carbocycles. The molecule has 1 aliphatic rings. The van der Waals surface area contributed by atoms with E-state index < -0.39 is 46.8 Å². The van der Waals surface area contributed by atoms with Crippen molar-refractivity contribution in [3.63, 3.8) is 0 Å². The number of sulfonamides is 1. The van der Waals surface area contributed by atoms with Gasteiger partial charge >= 0.3 is 5.97 Å². The molecule has 0 bridgehead atoms. The lowest BCUT2D eigenvalue weighted by Gasteiger charge is -2.30. The topological polar surface area (TPSA) is 174 Å². The number of unbranched alkanes of at least 4 members (excludes halogenated alkanes) is 1. The number of amides is 2. The Kier molecular flexibility index (Phi) is 11.3. The number of aliphatic carboxylic acids is 1. The van der Waals surface area contributed by atoms with E-state index in [1.165, 1.54) is 12.1 Å². The number of carbonyl (C=O) groups is 3. The summed E-state index contributed by atoms with van der Waals surface area (Å²) in [6, 6.07) is 10.4. The minimum atomic E-state index is -4.22. The van der Waals surface area contributed by atoms with Gasteiger partial charge in [-0.25, -0.2) is 8.42 Å². The van der Waals surface area contributed by atoms with Gasteiger partial charge in [-0.05, 0) is 48.1 Å². The predicted octanol–water partition coefficient (Wildman–Crippen LogP) is 1.32. The zero-order chi connectivity index (χ0) is 29.1. The quantitative estimate of drug-likeness (QED) is 0.113. The Morgan fingerprint density at radius 1 is 1.18 bits per heavy atom. The first-order valence-corrected chi connectivity index (χ1v) is 14.9. The molecule has 1 saturated heterocycles. The number of carboxylic acid groups (broad SMARTS) is 1. The van der Waals surface area contributed by atoms with Gasteiger partial charge in [-0.3, -0.25) is 14.4 Å². The fraction of sp³-hybridized carbons (Fsp3) is 0.481. The Bertz CT molecular complexity index is 1310. The molecule has 0 unspecified atom stereocenters. The SMILES string of the molecule is CCCCN(CC(=O)O)C(=O)[C@H](CC(=O)NCC1CCN(C=NN)CC1)NS(=O)(=O)c1ccc2ccccc2c1. The average molecular weight is 575 g/mol. The van der Waals surface area contributed by atoms with Crippen LogP contribution in [0.4, 0.5) is 0 Å². The second-order valence-corrected chi connectivity index (χ2v) is 11.7. The molecule has 13 heteroatoms. The summed E-state index contributed by atoms with van der Waals surface area (Å²) in [6.45, 7) is 3.29. The van der Waals surface area contributed by atoms with Crippen LogP contribution in [-0.4, -0.2) is 86.2 Å². The van der Waals surface area contributed by atoms with Crippen molar-refractivity contribution in [2.45, 2.75) is 50.0 Å². The number of hydrazone groups is 1. The number of piperidine rings is 1. The molecule has 1 fully saturated rings. The lowest BCUT2D eigenvalue weighted by molar-refractivity contribution is -0.145. The van der Waals surface area contributed by atoms with Gasteiger partial charge < -0.3 is 26.1 Å². The van der Waals surface area contributed by atoms with Crippen LogP contribution in [0.15, 0.2) is 52.5 Å². The van der Waals surface area contributed by atoms with Gasteiger partial charge in [0.05, 0.1) is 11.3 Å². The van der Waals surface area contributed by atoms with E-state index in [0.29, 0.717) is 24.8 Å². The smallest absolute Gasteiger partial charge is 0.323 e. The molecule has 1 aliphatic heterocycles. The molecule has 3 rings (SSSR count). The standard InChI is InChI=1S/C27H38N6O6S/c1-2-3-12-33(18-26(35)36)27(37)24(16-25(34)29-17-20-10-13-32(14-11-20)19-30-28)31-40(38,39)23-9-8-21-6-4-5-7-22(21)15-23/h4-9,15,19-20,24,31H,2-3,10-14,16-18,28H2,1H3,(H,29,34)(H,35,36)/t24-/m0/s1. The van der Waals surface area contributed by atoms with E-state index >= 15 is 0 Å². The van der Waals surface area contributed by atoms with E-state index in [-0.39, 0.29) is 17.4 Å². The van der Waals surface area contributed by atoms with E-state index in [4.69, 9.17) is 5.84 Å². The molecule has 218 valence electrons. The number of benzene rings is 2. The van der Waals surface area contributed by atoms with Gasteiger partial charge in [-0.2, -0.15) is 9.82 Å². The molecule has 0 aromatic heterocycles.